The van der Waals surface area contributed by atoms with Crippen molar-refractivity contribution in [2.75, 3.05) is 11.9 Å². The van der Waals surface area contributed by atoms with E-state index in [9.17, 15) is 9.90 Å². The molecule has 2 atom stereocenters. The molecule has 0 radical (unpaired) electrons. The Hall–Kier alpha value is -1.39. The molecular formula is C13H18N2O2. The van der Waals surface area contributed by atoms with E-state index >= 15 is 0 Å². The van der Waals surface area contributed by atoms with Gasteiger partial charge in [-0.3, -0.25) is 10.1 Å². The zero-order valence-corrected chi connectivity index (χ0v) is 10.2. The minimum absolute atomic E-state index is 0.0473. The van der Waals surface area contributed by atoms with E-state index in [2.05, 4.69) is 17.6 Å². The first-order valence-electron chi connectivity index (χ1n) is 5.97. The summed E-state index contributed by atoms with van der Waals surface area (Å²) in [6.45, 7) is 4.20. The Morgan fingerprint density at radius 2 is 2.29 bits per heavy atom. The minimum Gasteiger partial charge on any atom is -0.392 e. The molecule has 4 nitrogen and oxygen atoms in total. The molecule has 2 unspecified atom stereocenters. The molecule has 3 N–H and O–H groups in total. The third kappa shape index (κ3) is 2.48. The number of hydrogen-bond donors (Lipinski definition) is 3. The Kier molecular flexibility index (Phi) is 3.45. The second-order valence-electron chi connectivity index (χ2n) is 4.45. The van der Waals surface area contributed by atoms with Crippen LogP contribution >= 0.6 is 0 Å². The third-order valence-electron chi connectivity index (χ3n) is 2.97. The molecule has 1 heterocycles. The van der Waals surface area contributed by atoms with Gasteiger partial charge < -0.3 is 10.4 Å². The Bertz CT molecular complexity index is 429. The summed E-state index contributed by atoms with van der Waals surface area (Å²) in [4.78, 5) is 11.8. The lowest BCUT2D eigenvalue weighted by molar-refractivity contribution is -0.117. The van der Waals surface area contributed by atoms with Crippen molar-refractivity contribution < 1.29 is 9.90 Å². The summed E-state index contributed by atoms with van der Waals surface area (Å²) in [6.07, 6.45) is 0.492. The lowest BCUT2D eigenvalue weighted by atomic mass is 10.0. The number of hydrogen-bond acceptors (Lipinski definition) is 3. The quantitative estimate of drug-likeness (QED) is 0.734. The van der Waals surface area contributed by atoms with Crippen LogP contribution in [-0.2, 0) is 11.2 Å². The molecule has 1 aliphatic heterocycles. The highest BCUT2D eigenvalue weighted by molar-refractivity contribution is 6.02. The standard InChI is InChI=1S/C13H18N2O2/c1-3-9-4-5-11-10(6-9)12(13(17)15-11)14-7-8(2)16/h4-6,8,12,14,16H,3,7H2,1-2H3,(H,15,17). The van der Waals surface area contributed by atoms with Gasteiger partial charge in [-0.2, -0.15) is 0 Å². The highest BCUT2D eigenvalue weighted by Crippen LogP contribution is 2.31. The fraction of sp³-hybridized carbons (Fsp3) is 0.462. The number of carbonyl (C=O) groups is 1. The molecular weight excluding hydrogens is 216 g/mol. The SMILES string of the molecule is CCc1ccc2c(c1)C(NCC(C)O)C(=O)N2. The molecule has 1 aliphatic rings. The number of aryl methyl sites for hydroxylation is 1. The predicted octanol–water partition coefficient (Wildman–Crippen LogP) is 1.21. The van der Waals surface area contributed by atoms with Crippen LogP contribution in [0.5, 0.6) is 0 Å². The summed E-state index contributed by atoms with van der Waals surface area (Å²) >= 11 is 0. The Morgan fingerprint density at radius 1 is 1.53 bits per heavy atom. The van der Waals surface area contributed by atoms with Crippen molar-refractivity contribution in [3.63, 3.8) is 0 Å². The number of fused-ring (bicyclic) bond motifs is 1. The van der Waals surface area contributed by atoms with Crippen molar-refractivity contribution in [1.29, 1.82) is 0 Å². The smallest absolute Gasteiger partial charge is 0.246 e. The number of rotatable bonds is 4. The largest absolute Gasteiger partial charge is 0.392 e. The van der Waals surface area contributed by atoms with Crippen molar-refractivity contribution in [2.45, 2.75) is 32.4 Å². The van der Waals surface area contributed by atoms with Gasteiger partial charge in [-0.05, 0) is 25.0 Å². The fourth-order valence-corrected chi connectivity index (χ4v) is 2.02. The third-order valence-corrected chi connectivity index (χ3v) is 2.97. The first kappa shape index (κ1) is 12.1. The molecule has 4 heteroatoms. The van der Waals surface area contributed by atoms with Crippen molar-refractivity contribution in [3.8, 4) is 0 Å². The molecule has 0 fully saturated rings. The van der Waals surface area contributed by atoms with Crippen LogP contribution in [0, 0.1) is 0 Å². The van der Waals surface area contributed by atoms with Gasteiger partial charge in [-0.1, -0.05) is 19.1 Å². The summed E-state index contributed by atoms with van der Waals surface area (Å²) in [6, 6.07) is 5.67. The molecule has 2 rings (SSSR count). The number of aliphatic hydroxyl groups is 1. The van der Waals surface area contributed by atoms with E-state index in [0.717, 1.165) is 17.7 Å². The Balaban J connectivity index is 2.22. The van der Waals surface area contributed by atoms with Crippen molar-refractivity contribution in [3.05, 3.63) is 29.3 Å². The summed E-state index contributed by atoms with van der Waals surface area (Å²) in [5.74, 6) is -0.0473. The average Bonchev–Trinajstić information content (AvgIpc) is 2.61. The number of aliphatic hydroxyl groups excluding tert-OH is 1. The molecule has 1 amide bonds. The molecule has 0 saturated carbocycles. The van der Waals surface area contributed by atoms with Crippen molar-refractivity contribution in [1.82, 2.24) is 5.32 Å². The molecule has 0 saturated heterocycles. The van der Waals surface area contributed by atoms with Crippen LogP contribution in [0.15, 0.2) is 18.2 Å². The van der Waals surface area contributed by atoms with E-state index in [-0.39, 0.29) is 11.9 Å². The van der Waals surface area contributed by atoms with Crippen LogP contribution < -0.4 is 10.6 Å². The van der Waals surface area contributed by atoms with E-state index in [1.165, 1.54) is 5.56 Å². The molecule has 17 heavy (non-hydrogen) atoms. The monoisotopic (exact) mass is 234 g/mol. The van der Waals surface area contributed by atoms with Crippen LogP contribution in [0.25, 0.3) is 0 Å². The van der Waals surface area contributed by atoms with Gasteiger partial charge in [-0.15, -0.1) is 0 Å². The van der Waals surface area contributed by atoms with Gasteiger partial charge in [0.05, 0.1) is 6.10 Å². The first-order valence-corrected chi connectivity index (χ1v) is 5.97. The van der Waals surface area contributed by atoms with E-state index in [1.54, 1.807) is 6.92 Å². The van der Waals surface area contributed by atoms with Gasteiger partial charge in [-0.25, -0.2) is 0 Å². The lowest BCUT2D eigenvalue weighted by Crippen LogP contribution is -2.32. The zero-order chi connectivity index (χ0) is 12.4. The normalized spacial score (nSPS) is 19.9. The number of benzene rings is 1. The molecule has 0 aromatic heterocycles. The number of nitrogens with one attached hydrogen (secondary N) is 2. The Labute approximate surface area is 101 Å². The van der Waals surface area contributed by atoms with E-state index in [4.69, 9.17) is 0 Å². The van der Waals surface area contributed by atoms with Crippen LogP contribution in [-0.4, -0.2) is 23.7 Å². The van der Waals surface area contributed by atoms with Crippen LogP contribution in [0.1, 0.15) is 31.0 Å². The fourth-order valence-electron chi connectivity index (χ4n) is 2.02. The summed E-state index contributed by atoms with van der Waals surface area (Å²) in [5, 5.41) is 15.2. The van der Waals surface area contributed by atoms with Crippen molar-refractivity contribution in [2.24, 2.45) is 0 Å². The number of amides is 1. The zero-order valence-electron chi connectivity index (χ0n) is 10.2. The van der Waals surface area contributed by atoms with E-state index < -0.39 is 6.10 Å². The average molecular weight is 234 g/mol. The van der Waals surface area contributed by atoms with Crippen LogP contribution in [0.4, 0.5) is 5.69 Å². The summed E-state index contributed by atoms with van der Waals surface area (Å²) in [7, 11) is 0. The van der Waals surface area contributed by atoms with E-state index in [0.29, 0.717) is 6.54 Å². The van der Waals surface area contributed by atoms with E-state index in [1.807, 2.05) is 18.2 Å². The maximum Gasteiger partial charge on any atom is 0.246 e. The summed E-state index contributed by atoms with van der Waals surface area (Å²) in [5.41, 5.74) is 3.06. The molecule has 0 bridgehead atoms. The molecule has 0 aliphatic carbocycles. The van der Waals surface area contributed by atoms with Gasteiger partial charge in [0, 0.05) is 17.8 Å². The number of anilines is 1. The molecule has 92 valence electrons. The molecule has 1 aromatic rings. The number of carbonyl (C=O) groups excluding carboxylic acids is 1. The minimum atomic E-state index is -0.457. The van der Waals surface area contributed by atoms with Gasteiger partial charge in [0.25, 0.3) is 0 Å². The molecule has 0 spiro atoms. The topological polar surface area (TPSA) is 61.4 Å². The highest BCUT2D eigenvalue weighted by Gasteiger charge is 2.30. The Morgan fingerprint density at radius 3 is 2.94 bits per heavy atom. The maximum atomic E-state index is 11.8. The second kappa shape index (κ2) is 4.85. The predicted molar refractivity (Wildman–Crippen MR) is 66.9 cm³/mol. The molecule has 1 aromatic carbocycles. The van der Waals surface area contributed by atoms with Gasteiger partial charge in [0.2, 0.25) is 5.91 Å². The van der Waals surface area contributed by atoms with Crippen molar-refractivity contribution >= 4 is 11.6 Å². The first-order chi connectivity index (χ1) is 8.11. The van der Waals surface area contributed by atoms with Crippen LogP contribution in [0.2, 0.25) is 0 Å². The maximum absolute atomic E-state index is 11.8. The summed E-state index contributed by atoms with van der Waals surface area (Å²) < 4.78 is 0. The van der Waals surface area contributed by atoms with Gasteiger partial charge >= 0.3 is 0 Å². The second-order valence-corrected chi connectivity index (χ2v) is 4.45. The van der Waals surface area contributed by atoms with Gasteiger partial charge in [0.1, 0.15) is 6.04 Å². The van der Waals surface area contributed by atoms with Crippen LogP contribution in [0.3, 0.4) is 0 Å². The lowest BCUT2D eigenvalue weighted by Gasteiger charge is -2.13. The van der Waals surface area contributed by atoms with Gasteiger partial charge in [0.15, 0.2) is 0 Å². The highest BCUT2D eigenvalue weighted by atomic mass is 16.3.